The lowest BCUT2D eigenvalue weighted by Crippen LogP contribution is -2.52. The average Bonchev–Trinajstić information content (AvgIpc) is 3.17. The fourth-order valence-corrected chi connectivity index (χ4v) is 5.68. The molecule has 5 rings (SSSR count). The molecule has 27 heavy (non-hydrogen) atoms. The van der Waals surface area contributed by atoms with E-state index in [1.54, 1.807) is 11.8 Å². The quantitative estimate of drug-likeness (QED) is 0.703. The van der Waals surface area contributed by atoms with Gasteiger partial charge in [-0.05, 0) is 51.2 Å². The number of urea groups is 1. The number of carbonyl (C=O) groups excluding carboxylic acids is 2. The number of esters is 1. The van der Waals surface area contributed by atoms with Crippen LogP contribution in [0.4, 0.5) is 4.79 Å². The molecule has 0 radical (unpaired) electrons. The van der Waals surface area contributed by atoms with Crippen molar-refractivity contribution in [3.8, 4) is 0 Å². The SMILES string of the molecule is CCCN1C(=O)NC(SC)=C2NC(C34CCC(C(=O)OC)(CC3)CC4)=NC21. The van der Waals surface area contributed by atoms with Gasteiger partial charge in [0.1, 0.15) is 5.84 Å². The van der Waals surface area contributed by atoms with Gasteiger partial charge in [0, 0.05) is 12.0 Å². The largest absolute Gasteiger partial charge is 0.469 e. The van der Waals surface area contributed by atoms with Crippen LogP contribution in [0.5, 0.6) is 0 Å². The maximum absolute atomic E-state index is 12.5. The lowest BCUT2D eigenvalue weighted by atomic mass is 9.53. The molecular weight excluding hydrogens is 364 g/mol. The summed E-state index contributed by atoms with van der Waals surface area (Å²) in [4.78, 5) is 31.6. The molecule has 1 unspecified atom stereocenters. The first-order chi connectivity index (χ1) is 13.0. The van der Waals surface area contributed by atoms with Crippen molar-refractivity contribution in [1.29, 1.82) is 0 Å². The van der Waals surface area contributed by atoms with Crippen molar-refractivity contribution in [2.24, 2.45) is 15.8 Å². The number of hydrogen-bond donors (Lipinski definition) is 2. The van der Waals surface area contributed by atoms with Gasteiger partial charge in [-0.2, -0.15) is 0 Å². The zero-order valence-corrected chi connectivity index (χ0v) is 17.1. The molecule has 0 saturated heterocycles. The van der Waals surface area contributed by atoms with Crippen molar-refractivity contribution in [2.75, 3.05) is 19.9 Å². The van der Waals surface area contributed by atoms with Crippen LogP contribution in [0.25, 0.3) is 0 Å². The minimum atomic E-state index is -0.294. The maximum atomic E-state index is 12.5. The van der Waals surface area contributed by atoms with Crippen molar-refractivity contribution in [2.45, 2.75) is 58.0 Å². The van der Waals surface area contributed by atoms with E-state index in [1.807, 2.05) is 11.2 Å². The highest BCUT2D eigenvalue weighted by atomic mass is 32.2. The molecule has 3 fully saturated rings. The first kappa shape index (κ1) is 18.7. The number of aliphatic imine (C=N–C) groups is 1. The minimum absolute atomic E-state index is 0.00936. The number of thioether (sulfide) groups is 1. The van der Waals surface area contributed by atoms with Crippen molar-refractivity contribution in [3.05, 3.63) is 10.7 Å². The van der Waals surface area contributed by atoms with E-state index in [9.17, 15) is 9.59 Å². The summed E-state index contributed by atoms with van der Waals surface area (Å²) in [5.74, 6) is 0.951. The van der Waals surface area contributed by atoms with Gasteiger partial charge in [-0.15, -0.1) is 11.8 Å². The number of rotatable bonds is 5. The van der Waals surface area contributed by atoms with Gasteiger partial charge >= 0.3 is 12.0 Å². The average molecular weight is 393 g/mol. The van der Waals surface area contributed by atoms with Crippen LogP contribution in [0.2, 0.25) is 0 Å². The molecule has 7 nitrogen and oxygen atoms in total. The molecule has 2 amide bonds. The second-order valence-corrected chi connectivity index (χ2v) is 8.92. The molecule has 3 saturated carbocycles. The van der Waals surface area contributed by atoms with Crippen LogP contribution < -0.4 is 10.6 Å². The van der Waals surface area contributed by atoms with Crippen molar-refractivity contribution in [3.63, 3.8) is 0 Å². The molecule has 0 aromatic heterocycles. The summed E-state index contributed by atoms with van der Waals surface area (Å²) >= 11 is 1.54. The van der Waals surface area contributed by atoms with Crippen LogP contribution in [0.15, 0.2) is 15.7 Å². The summed E-state index contributed by atoms with van der Waals surface area (Å²) in [6.45, 7) is 2.75. The highest BCUT2D eigenvalue weighted by molar-refractivity contribution is 8.02. The van der Waals surface area contributed by atoms with E-state index < -0.39 is 0 Å². The molecule has 0 spiro atoms. The Morgan fingerprint density at radius 1 is 1.26 bits per heavy atom. The Balaban J connectivity index is 1.61. The van der Waals surface area contributed by atoms with E-state index in [-0.39, 0.29) is 29.0 Å². The predicted octanol–water partition coefficient (Wildman–Crippen LogP) is 2.80. The van der Waals surface area contributed by atoms with Crippen LogP contribution in [0, 0.1) is 10.8 Å². The standard InChI is InChI=1S/C19H28N4O3S/c1-4-11-23-13-12(14(27-3)22-17(23)25)20-15(21-13)18-5-8-19(9-6-18,10-7-18)16(24)26-2/h13H,4-11H2,1-3H3,(H,20,21)(H,22,25). The first-order valence-electron chi connectivity index (χ1n) is 9.78. The van der Waals surface area contributed by atoms with E-state index in [2.05, 4.69) is 17.6 Å². The van der Waals surface area contributed by atoms with E-state index in [0.717, 1.165) is 61.5 Å². The Hall–Kier alpha value is -1.70. The van der Waals surface area contributed by atoms with Crippen LogP contribution in [-0.4, -0.2) is 48.8 Å². The second-order valence-electron chi connectivity index (χ2n) is 8.10. The zero-order chi connectivity index (χ0) is 19.2. The van der Waals surface area contributed by atoms with Crippen molar-refractivity contribution < 1.29 is 14.3 Å². The fraction of sp³-hybridized carbons (Fsp3) is 0.737. The van der Waals surface area contributed by atoms with Crippen molar-refractivity contribution >= 4 is 29.6 Å². The molecule has 2 N–H and O–H groups in total. The molecule has 1 atom stereocenters. The molecule has 5 aliphatic rings. The lowest BCUT2D eigenvalue weighted by Gasteiger charge is -2.51. The number of amidine groups is 1. The van der Waals surface area contributed by atoms with E-state index >= 15 is 0 Å². The number of carbonyl (C=O) groups is 2. The number of fused-ring (bicyclic) bond motifs is 4. The van der Waals surface area contributed by atoms with Crippen LogP contribution in [-0.2, 0) is 9.53 Å². The summed E-state index contributed by atoms with van der Waals surface area (Å²) in [5, 5.41) is 7.44. The van der Waals surface area contributed by atoms with Crippen LogP contribution in [0.3, 0.4) is 0 Å². The summed E-state index contributed by atoms with van der Waals surface area (Å²) in [6, 6.07) is -0.0729. The number of ether oxygens (including phenoxy) is 1. The third-order valence-corrected chi connectivity index (χ3v) is 7.55. The van der Waals surface area contributed by atoms with E-state index in [4.69, 9.17) is 9.73 Å². The first-order valence-corrected chi connectivity index (χ1v) is 11.0. The van der Waals surface area contributed by atoms with E-state index in [0.29, 0.717) is 6.54 Å². The minimum Gasteiger partial charge on any atom is -0.469 e. The summed E-state index contributed by atoms with van der Waals surface area (Å²) in [6.07, 6.45) is 8.01. The third-order valence-electron chi connectivity index (χ3n) is 6.82. The normalized spacial score (nSPS) is 34.8. The lowest BCUT2D eigenvalue weighted by molar-refractivity contribution is -0.160. The Morgan fingerprint density at radius 2 is 1.93 bits per heavy atom. The van der Waals surface area contributed by atoms with Gasteiger partial charge in [-0.3, -0.25) is 9.69 Å². The summed E-state index contributed by atoms with van der Waals surface area (Å²) < 4.78 is 5.08. The molecule has 0 aromatic rings. The fourth-order valence-electron chi connectivity index (χ4n) is 5.12. The number of nitrogens with one attached hydrogen (secondary N) is 2. The highest BCUT2D eigenvalue weighted by Crippen LogP contribution is 2.58. The predicted molar refractivity (Wildman–Crippen MR) is 105 cm³/mol. The summed E-state index contributed by atoms with van der Waals surface area (Å²) in [5.41, 5.74) is 0.693. The van der Waals surface area contributed by atoms with Crippen molar-refractivity contribution in [1.82, 2.24) is 15.5 Å². The molecule has 2 bridgehead atoms. The van der Waals surface area contributed by atoms with E-state index in [1.165, 1.54) is 7.11 Å². The number of methoxy groups -OCH3 is 1. The van der Waals surface area contributed by atoms with Gasteiger partial charge < -0.3 is 15.4 Å². The van der Waals surface area contributed by atoms with Gasteiger partial charge in [-0.25, -0.2) is 9.79 Å². The molecule has 2 heterocycles. The maximum Gasteiger partial charge on any atom is 0.324 e. The Morgan fingerprint density at radius 3 is 2.48 bits per heavy atom. The monoisotopic (exact) mass is 392 g/mol. The Bertz CT molecular complexity index is 708. The van der Waals surface area contributed by atoms with Crippen LogP contribution >= 0.6 is 11.8 Å². The topological polar surface area (TPSA) is 83.0 Å². The van der Waals surface area contributed by atoms with Gasteiger partial charge in [0.2, 0.25) is 0 Å². The van der Waals surface area contributed by atoms with Crippen LogP contribution in [0.1, 0.15) is 51.9 Å². The molecular formula is C19H28N4O3S. The van der Waals surface area contributed by atoms with Gasteiger partial charge in [0.25, 0.3) is 0 Å². The highest BCUT2D eigenvalue weighted by Gasteiger charge is 2.56. The number of amides is 2. The molecule has 0 aromatic carbocycles. The van der Waals surface area contributed by atoms with Gasteiger partial charge in [0.15, 0.2) is 6.17 Å². The van der Waals surface area contributed by atoms with Gasteiger partial charge in [0.05, 0.1) is 23.3 Å². The molecule has 3 aliphatic carbocycles. The second kappa shape index (κ2) is 6.72. The molecule has 148 valence electrons. The Labute approximate surface area is 164 Å². The smallest absolute Gasteiger partial charge is 0.324 e. The number of hydrogen-bond acceptors (Lipinski definition) is 6. The Kier molecular flexibility index (Phi) is 4.64. The molecule has 8 heteroatoms. The summed E-state index contributed by atoms with van der Waals surface area (Å²) in [7, 11) is 1.49. The molecule has 2 aliphatic heterocycles. The zero-order valence-electron chi connectivity index (χ0n) is 16.3. The number of nitrogens with zero attached hydrogens (tertiary/aromatic N) is 2. The van der Waals surface area contributed by atoms with Gasteiger partial charge in [-0.1, -0.05) is 6.92 Å². The third kappa shape index (κ3) is 2.75.